The zero-order valence-electron chi connectivity index (χ0n) is 14.1. The molecule has 2 N–H and O–H groups in total. The molecule has 0 radical (unpaired) electrons. The van der Waals surface area contributed by atoms with Crippen molar-refractivity contribution < 1.29 is 14.3 Å². The van der Waals surface area contributed by atoms with Gasteiger partial charge in [-0.05, 0) is 37.1 Å². The summed E-state index contributed by atoms with van der Waals surface area (Å²) in [7, 11) is 1.59. The third-order valence-corrected chi connectivity index (χ3v) is 3.98. The largest absolute Gasteiger partial charge is 0.497 e. The first-order valence-electron chi connectivity index (χ1n) is 8.21. The van der Waals surface area contributed by atoms with E-state index in [2.05, 4.69) is 17.2 Å². The van der Waals surface area contributed by atoms with Gasteiger partial charge in [0.25, 0.3) is 0 Å². The maximum absolute atomic E-state index is 12.4. The van der Waals surface area contributed by atoms with Crippen LogP contribution in [0.15, 0.2) is 36.9 Å². The van der Waals surface area contributed by atoms with Crippen molar-refractivity contribution in [3.8, 4) is 5.75 Å². The molecule has 130 valence electrons. The van der Waals surface area contributed by atoms with Gasteiger partial charge in [0, 0.05) is 25.3 Å². The van der Waals surface area contributed by atoms with Crippen LogP contribution in [-0.2, 0) is 9.59 Å². The quantitative estimate of drug-likeness (QED) is 0.563. The molecule has 1 heterocycles. The number of ether oxygens (including phenoxy) is 1. The molecule has 1 aromatic rings. The van der Waals surface area contributed by atoms with Crippen LogP contribution in [0.3, 0.4) is 0 Å². The molecular formula is C18H25N3O3. The van der Waals surface area contributed by atoms with Gasteiger partial charge >= 0.3 is 0 Å². The summed E-state index contributed by atoms with van der Waals surface area (Å²) in [5.41, 5.74) is 0.687. The Morgan fingerprint density at radius 3 is 2.88 bits per heavy atom. The average Bonchev–Trinajstić information content (AvgIpc) is 2.59. The smallest absolute Gasteiger partial charge is 0.240 e. The Morgan fingerprint density at radius 1 is 1.46 bits per heavy atom. The van der Waals surface area contributed by atoms with Gasteiger partial charge in [-0.2, -0.15) is 0 Å². The van der Waals surface area contributed by atoms with Gasteiger partial charge in [0.05, 0.1) is 19.6 Å². The number of nitrogens with zero attached hydrogens (tertiary/aromatic N) is 1. The van der Waals surface area contributed by atoms with Crippen LogP contribution >= 0.6 is 0 Å². The molecule has 0 saturated carbocycles. The fraction of sp³-hybridized carbons (Fsp3) is 0.444. The van der Waals surface area contributed by atoms with Gasteiger partial charge in [-0.1, -0.05) is 6.08 Å². The molecule has 1 atom stereocenters. The molecule has 2 amide bonds. The van der Waals surface area contributed by atoms with Gasteiger partial charge in [0.15, 0.2) is 0 Å². The van der Waals surface area contributed by atoms with Crippen molar-refractivity contribution in [3.05, 3.63) is 36.9 Å². The summed E-state index contributed by atoms with van der Waals surface area (Å²) < 4.78 is 5.08. The van der Waals surface area contributed by atoms with Crippen LogP contribution < -0.4 is 15.4 Å². The van der Waals surface area contributed by atoms with E-state index in [-0.39, 0.29) is 18.2 Å². The van der Waals surface area contributed by atoms with Crippen molar-refractivity contribution in [1.29, 1.82) is 0 Å². The first-order valence-corrected chi connectivity index (χ1v) is 8.21. The lowest BCUT2D eigenvalue weighted by Crippen LogP contribution is -2.56. The molecule has 24 heavy (non-hydrogen) atoms. The minimum absolute atomic E-state index is 0.00445. The van der Waals surface area contributed by atoms with E-state index in [0.717, 1.165) is 18.6 Å². The van der Waals surface area contributed by atoms with Crippen LogP contribution in [0.1, 0.15) is 19.3 Å². The van der Waals surface area contributed by atoms with Gasteiger partial charge < -0.3 is 20.3 Å². The Bertz CT molecular complexity index is 571. The molecule has 0 bridgehead atoms. The van der Waals surface area contributed by atoms with E-state index in [1.165, 1.54) is 0 Å². The van der Waals surface area contributed by atoms with E-state index >= 15 is 0 Å². The number of nitrogens with one attached hydrogen (secondary N) is 2. The predicted molar refractivity (Wildman–Crippen MR) is 94.0 cm³/mol. The molecule has 0 aliphatic carbocycles. The van der Waals surface area contributed by atoms with Crippen molar-refractivity contribution in [2.45, 2.75) is 25.3 Å². The predicted octanol–water partition coefficient (Wildman–Crippen LogP) is 1.79. The van der Waals surface area contributed by atoms with Crippen molar-refractivity contribution in [1.82, 2.24) is 10.2 Å². The highest BCUT2D eigenvalue weighted by atomic mass is 16.5. The van der Waals surface area contributed by atoms with Gasteiger partial charge in [0.2, 0.25) is 11.8 Å². The first kappa shape index (κ1) is 18.0. The van der Waals surface area contributed by atoms with E-state index in [1.807, 2.05) is 11.0 Å². The molecule has 1 unspecified atom stereocenters. The summed E-state index contributed by atoms with van der Waals surface area (Å²) in [4.78, 5) is 26.4. The standard InChI is InChI=1S/C18H25N3O3/c1-3-4-5-11-21-12-10-19-16(18(21)23)13-17(22)20-14-6-8-15(24-2)9-7-14/h3,6-9,16,19H,1,4-5,10-13H2,2H3,(H,20,22). The number of anilines is 1. The molecule has 0 spiro atoms. The molecular weight excluding hydrogens is 306 g/mol. The monoisotopic (exact) mass is 331 g/mol. The zero-order valence-corrected chi connectivity index (χ0v) is 14.1. The molecule has 6 heteroatoms. The van der Waals surface area contributed by atoms with Crippen LogP contribution in [0.25, 0.3) is 0 Å². The molecule has 1 aliphatic heterocycles. The minimum atomic E-state index is -0.458. The molecule has 1 aromatic carbocycles. The van der Waals surface area contributed by atoms with Crippen LogP contribution in [-0.4, -0.2) is 49.5 Å². The molecule has 1 saturated heterocycles. The average molecular weight is 331 g/mol. The van der Waals surface area contributed by atoms with Gasteiger partial charge in [-0.25, -0.2) is 0 Å². The van der Waals surface area contributed by atoms with Crippen LogP contribution in [0, 0.1) is 0 Å². The minimum Gasteiger partial charge on any atom is -0.497 e. The lowest BCUT2D eigenvalue weighted by atomic mass is 10.1. The summed E-state index contributed by atoms with van der Waals surface area (Å²) in [6, 6.07) is 6.64. The third kappa shape index (κ3) is 5.09. The summed E-state index contributed by atoms with van der Waals surface area (Å²) in [5.74, 6) is 0.543. The second-order valence-electron chi connectivity index (χ2n) is 5.74. The number of methoxy groups -OCH3 is 1. The van der Waals surface area contributed by atoms with Gasteiger partial charge in [-0.3, -0.25) is 9.59 Å². The number of hydrogen-bond acceptors (Lipinski definition) is 4. The number of amides is 2. The lowest BCUT2D eigenvalue weighted by Gasteiger charge is -2.33. The number of unbranched alkanes of at least 4 members (excludes halogenated alkanes) is 1. The normalized spacial score (nSPS) is 17.5. The Morgan fingerprint density at radius 2 is 2.21 bits per heavy atom. The Hall–Kier alpha value is -2.34. The van der Waals surface area contributed by atoms with E-state index in [1.54, 1.807) is 31.4 Å². The number of hydrogen-bond donors (Lipinski definition) is 2. The van der Waals surface area contributed by atoms with Crippen molar-refractivity contribution >= 4 is 17.5 Å². The fourth-order valence-corrected chi connectivity index (χ4v) is 2.67. The van der Waals surface area contributed by atoms with Crippen LogP contribution in [0.2, 0.25) is 0 Å². The van der Waals surface area contributed by atoms with Gasteiger partial charge in [-0.15, -0.1) is 6.58 Å². The van der Waals surface area contributed by atoms with Crippen molar-refractivity contribution in [2.75, 3.05) is 32.1 Å². The molecule has 6 nitrogen and oxygen atoms in total. The van der Waals surface area contributed by atoms with Gasteiger partial charge in [0.1, 0.15) is 5.75 Å². The van der Waals surface area contributed by atoms with Crippen LogP contribution in [0.4, 0.5) is 5.69 Å². The number of benzene rings is 1. The van der Waals surface area contributed by atoms with E-state index < -0.39 is 6.04 Å². The molecule has 0 aromatic heterocycles. The molecule has 1 aliphatic rings. The Kier molecular flexibility index (Phi) is 6.81. The highest BCUT2D eigenvalue weighted by Gasteiger charge is 2.29. The summed E-state index contributed by atoms with van der Waals surface area (Å²) in [6.07, 6.45) is 3.77. The Labute approximate surface area is 142 Å². The zero-order chi connectivity index (χ0) is 17.4. The van der Waals surface area contributed by atoms with E-state index in [9.17, 15) is 9.59 Å². The Balaban J connectivity index is 1.85. The third-order valence-electron chi connectivity index (χ3n) is 3.98. The van der Waals surface area contributed by atoms with E-state index in [4.69, 9.17) is 4.74 Å². The SMILES string of the molecule is C=CCCCN1CCNC(CC(=O)Nc2ccc(OC)cc2)C1=O. The number of carbonyl (C=O) groups excluding carboxylic acids is 2. The van der Waals surface area contributed by atoms with E-state index in [0.29, 0.717) is 25.3 Å². The second kappa shape index (κ2) is 9.08. The summed E-state index contributed by atoms with van der Waals surface area (Å²) in [6.45, 7) is 5.80. The molecule has 2 rings (SSSR count). The topological polar surface area (TPSA) is 70.7 Å². The number of carbonyl (C=O) groups is 2. The van der Waals surface area contributed by atoms with Crippen molar-refractivity contribution in [3.63, 3.8) is 0 Å². The first-order chi connectivity index (χ1) is 11.6. The lowest BCUT2D eigenvalue weighted by molar-refractivity contribution is -0.137. The highest BCUT2D eigenvalue weighted by Crippen LogP contribution is 2.16. The maximum atomic E-state index is 12.4. The maximum Gasteiger partial charge on any atom is 0.240 e. The number of piperazine rings is 1. The summed E-state index contributed by atoms with van der Waals surface area (Å²) >= 11 is 0. The molecule has 1 fully saturated rings. The number of rotatable bonds is 8. The highest BCUT2D eigenvalue weighted by molar-refractivity contribution is 5.95. The van der Waals surface area contributed by atoms with Crippen molar-refractivity contribution in [2.24, 2.45) is 0 Å². The fourth-order valence-electron chi connectivity index (χ4n) is 2.67. The number of allylic oxidation sites excluding steroid dienone is 1. The summed E-state index contributed by atoms with van der Waals surface area (Å²) in [5, 5.41) is 5.94. The van der Waals surface area contributed by atoms with Crippen LogP contribution in [0.5, 0.6) is 5.75 Å². The second-order valence-corrected chi connectivity index (χ2v) is 5.74.